The van der Waals surface area contributed by atoms with Crippen LogP contribution in [0.25, 0.3) is 10.8 Å². The molecule has 0 aromatic heterocycles. The van der Waals surface area contributed by atoms with Gasteiger partial charge in [-0.3, -0.25) is 19.8 Å². The maximum atomic E-state index is 14.0. The highest BCUT2D eigenvalue weighted by atomic mass is 35.5. The molecule has 1 aliphatic heterocycles. The lowest BCUT2D eigenvalue weighted by atomic mass is 9.99. The van der Waals surface area contributed by atoms with Crippen LogP contribution in [0.4, 0.5) is 0 Å². The molecule has 12 heteroatoms. The number of halogens is 2. The molecule has 1 aliphatic rings. The van der Waals surface area contributed by atoms with Crippen molar-refractivity contribution in [1.82, 2.24) is 26.2 Å². The second-order valence-corrected chi connectivity index (χ2v) is 11.8. The number of nitrogens with zero attached hydrogens (tertiary/aromatic N) is 1. The van der Waals surface area contributed by atoms with Gasteiger partial charge in [-0.1, -0.05) is 71.7 Å². The number of rotatable bonds is 12. The van der Waals surface area contributed by atoms with Gasteiger partial charge >= 0.3 is 0 Å². The summed E-state index contributed by atoms with van der Waals surface area (Å²) >= 11 is 12.2. The summed E-state index contributed by atoms with van der Waals surface area (Å²) in [7, 11) is 1.58. The molecule has 0 unspecified atom stereocenters. The van der Waals surface area contributed by atoms with Crippen molar-refractivity contribution in [2.75, 3.05) is 26.7 Å². The summed E-state index contributed by atoms with van der Waals surface area (Å²) in [6, 6.07) is 17.6. The van der Waals surface area contributed by atoms with Crippen LogP contribution < -0.4 is 27.0 Å². The first-order chi connectivity index (χ1) is 21.1. The number of carbonyl (C=O) groups is 3. The predicted molar refractivity (Wildman–Crippen MR) is 175 cm³/mol. The Labute approximate surface area is 267 Å². The first-order valence-corrected chi connectivity index (χ1v) is 15.4. The number of nitrogens with one attached hydrogen (secondary N) is 5. The fourth-order valence-electron chi connectivity index (χ4n) is 5.49. The van der Waals surface area contributed by atoms with E-state index >= 15 is 0 Å². The molecule has 1 saturated heterocycles. The van der Waals surface area contributed by atoms with Crippen LogP contribution in [-0.4, -0.2) is 73.4 Å². The van der Waals surface area contributed by atoms with Gasteiger partial charge in [-0.25, -0.2) is 0 Å². The largest absolute Gasteiger partial charge is 0.370 e. The summed E-state index contributed by atoms with van der Waals surface area (Å²) in [4.78, 5) is 41.7. The molecule has 0 saturated carbocycles. The number of benzene rings is 3. The van der Waals surface area contributed by atoms with Gasteiger partial charge in [-0.15, -0.1) is 0 Å². The number of fused-ring (bicyclic) bond motifs is 1. The highest BCUT2D eigenvalue weighted by Crippen LogP contribution is 2.22. The SMILES string of the molecule is CNC(=O)[C@H](Cc1ccc2ccccc2c1)N1CC[C@H](CNC(=O)Cc2ccc(Cl)cc2Cl)N[C@@H](CCCNC(=N)N)C1=O. The third kappa shape index (κ3) is 9.07. The summed E-state index contributed by atoms with van der Waals surface area (Å²) in [5, 5.41) is 22.4. The van der Waals surface area contributed by atoms with E-state index < -0.39 is 12.1 Å². The van der Waals surface area contributed by atoms with Crippen molar-refractivity contribution >= 4 is 57.7 Å². The van der Waals surface area contributed by atoms with E-state index in [9.17, 15) is 14.4 Å². The number of likely N-dealkylation sites (N-methyl/N-ethyl adjacent to an activating group) is 1. The lowest BCUT2D eigenvalue weighted by Gasteiger charge is -2.31. The highest BCUT2D eigenvalue weighted by molar-refractivity contribution is 6.35. The summed E-state index contributed by atoms with van der Waals surface area (Å²) in [6.45, 7) is 1.06. The molecule has 3 amide bonds. The summed E-state index contributed by atoms with van der Waals surface area (Å²) in [5.41, 5.74) is 7.05. The third-order valence-electron chi connectivity index (χ3n) is 7.80. The van der Waals surface area contributed by atoms with Gasteiger partial charge in [0.05, 0.1) is 12.5 Å². The number of amides is 3. The number of guanidine groups is 1. The minimum absolute atomic E-state index is 0.0957. The Bertz CT molecular complexity index is 1500. The molecule has 0 radical (unpaired) electrons. The first kappa shape index (κ1) is 33.0. The van der Waals surface area contributed by atoms with Crippen molar-refractivity contribution in [1.29, 1.82) is 5.41 Å². The maximum Gasteiger partial charge on any atom is 0.242 e. The molecular formula is C32H39Cl2N7O3. The Kier molecular flexibility index (Phi) is 11.8. The van der Waals surface area contributed by atoms with Gasteiger partial charge in [0.2, 0.25) is 17.7 Å². The van der Waals surface area contributed by atoms with Crippen LogP contribution in [0.2, 0.25) is 10.0 Å². The normalized spacial score (nSPS) is 17.5. The van der Waals surface area contributed by atoms with E-state index in [2.05, 4.69) is 27.3 Å². The van der Waals surface area contributed by atoms with Gasteiger partial charge in [0.25, 0.3) is 0 Å². The Morgan fingerprint density at radius 1 is 1.09 bits per heavy atom. The average Bonchev–Trinajstić information content (AvgIpc) is 3.16. The van der Waals surface area contributed by atoms with Gasteiger partial charge in [0.15, 0.2) is 5.96 Å². The molecule has 1 fully saturated rings. The van der Waals surface area contributed by atoms with E-state index in [1.54, 1.807) is 30.1 Å². The quantitative estimate of drug-likeness (QED) is 0.102. The predicted octanol–water partition coefficient (Wildman–Crippen LogP) is 2.98. The fourth-order valence-corrected chi connectivity index (χ4v) is 5.96. The average molecular weight is 641 g/mol. The van der Waals surface area contributed by atoms with Gasteiger partial charge in [-0.05, 0) is 53.3 Å². The zero-order valence-corrected chi connectivity index (χ0v) is 26.2. The lowest BCUT2D eigenvalue weighted by molar-refractivity contribution is -0.141. The summed E-state index contributed by atoms with van der Waals surface area (Å²) in [5.74, 6) is -0.757. The molecular weight excluding hydrogens is 601 g/mol. The Morgan fingerprint density at radius 2 is 1.86 bits per heavy atom. The van der Waals surface area contributed by atoms with Gasteiger partial charge < -0.3 is 31.9 Å². The standard InChI is InChI=1S/C32H39Cl2N7O3/c1-37-30(43)28(16-20-8-9-21-5-2-3-6-22(21)15-20)41-14-12-25(40-27(31(41)44)7-4-13-38-32(35)36)19-39-29(42)17-23-10-11-24(33)18-26(23)34/h2-3,5-6,8-11,15,18,25,27-28,40H,4,7,12-14,16-17,19H2,1H3,(H,37,43)(H,39,42)(H4,35,36,38)/t25-,27+,28+/m1/s1. The summed E-state index contributed by atoms with van der Waals surface area (Å²) in [6.07, 6.45) is 2.01. The number of carbonyl (C=O) groups excluding carboxylic acids is 3. The van der Waals surface area contributed by atoms with Crippen LogP contribution in [0.15, 0.2) is 60.7 Å². The van der Waals surface area contributed by atoms with Crippen molar-refractivity contribution in [2.45, 2.75) is 50.2 Å². The third-order valence-corrected chi connectivity index (χ3v) is 8.39. The van der Waals surface area contributed by atoms with Gasteiger partial charge in [-0.2, -0.15) is 0 Å². The van der Waals surface area contributed by atoms with Crippen molar-refractivity contribution < 1.29 is 14.4 Å². The molecule has 0 spiro atoms. The minimum atomic E-state index is -0.714. The van der Waals surface area contributed by atoms with E-state index in [-0.39, 0.29) is 36.1 Å². The monoisotopic (exact) mass is 639 g/mol. The lowest BCUT2D eigenvalue weighted by Crippen LogP contribution is -2.54. The van der Waals surface area contributed by atoms with E-state index in [0.29, 0.717) is 60.9 Å². The molecule has 4 rings (SSSR count). The topological polar surface area (TPSA) is 152 Å². The molecule has 10 nitrogen and oxygen atoms in total. The van der Waals surface area contributed by atoms with Crippen LogP contribution in [0.3, 0.4) is 0 Å². The Balaban J connectivity index is 1.50. The maximum absolute atomic E-state index is 14.0. The molecule has 3 aromatic carbocycles. The highest BCUT2D eigenvalue weighted by Gasteiger charge is 2.37. The second-order valence-electron chi connectivity index (χ2n) is 11.0. The van der Waals surface area contributed by atoms with E-state index in [0.717, 1.165) is 16.3 Å². The van der Waals surface area contributed by atoms with E-state index in [1.165, 1.54) is 0 Å². The second kappa shape index (κ2) is 15.7. The number of hydrogen-bond acceptors (Lipinski definition) is 5. The molecule has 1 heterocycles. The smallest absolute Gasteiger partial charge is 0.242 e. The number of hydrogen-bond donors (Lipinski definition) is 6. The molecule has 3 aromatic rings. The van der Waals surface area contributed by atoms with Crippen molar-refractivity contribution in [3.05, 3.63) is 81.8 Å². The molecule has 7 N–H and O–H groups in total. The first-order valence-electron chi connectivity index (χ1n) is 14.7. The Morgan fingerprint density at radius 3 is 2.59 bits per heavy atom. The van der Waals surface area contributed by atoms with Crippen molar-refractivity contribution in [3.8, 4) is 0 Å². The van der Waals surface area contributed by atoms with Gasteiger partial charge in [0, 0.05) is 49.2 Å². The van der Waals surface area contributed by atoms with Crippen LogP contribution >= 0.6 is 23.2 Å². The van der Waals surface area contributed by atoms with Crippen molar-refractivity contribution in [2.24, 2.45) is 5.73 Å². The summed E-state index contributed by atoms with van der Waals surface area (Å²) < 4.78 is 0. The molecule has 3 atom stereocenters. The van der Waals surface area contributed by atoms with Crippen LogP contribution in [0.1, 0.15) is 30.4 Å². The van der Waals surface area contributed by atoms with Crippen LogP contribution in [0, 0.1) is 5.41 Å². The fraction of sp³-hybridized carbons (Fsp3) is 0.375. The van der Waals surface area contributed by atoms with Crippen molar-refractivity contribution in [3.63, 3.8) is 0 Å². The number of nitrogens with two attached hydrogens (primary N) is 1. The molecule has 0 bridgehead atoms. The van der Waals surface area contributed by atoms with Crippen LogP contribution in [0.5, 0.6) is 0 Å². The van der Waals surface area contributed by atoms with Crippen LogP contribution in [-0.2, 0) is 27.2 Å². The molecule has 234 valence electrons. The van der Waals surface area contributed by atoms with E-state index in [1.807, 2.05) is 36.4 Å². The Hall–Kier alpha value is -3.86. The minimum Gasteiger partial charge on any atom is -0.370 e. The van der Waals surface area contributed by atoms with E-state index in [4.69, 9.17) is 34.3 Å². The van der Waals surface area contributed by atoms with Gasteiger partial charge in [0.1, 0.15) is 6.04 Å². The molecule has 44 heavy (non-hydrogen) atoms. The zero-order chi connectivity index (χ0) is 31.6. The molecule has 0 aliphatic carbocycles. The zero-order valence-electron chi connectivity index (χ0n) is 24.7.